The largest absolute Gasteiger partial charge is 0.465 e. The van der Waals surface area contributed by atoms with Crippen molar-refractivity contribution in [2.45, 2.75) is 52.4 Å². The number of hydrogen-bond acceptors (Lipinski definition) is 3. The third-order valence-electron chi connectivity index (χ3n) is 5.22. The Hall–Kier alpha value is -1.62. The maximum Gasteiger partial charge on any atom is 0.407 e. The van der Waals surface area contributed by atoms with E-state index in [1.54, 1.807) is 11.1 Å². The van der Waals surface area contributed by atoms with Gasteiger partial charge in [0.2, 0.25) is 0 Å². The number of aromatic nitrogens is 1. The number of pyridine rings is 1. The average Bonchev–Trinajstić information content (AvgIpc) is 3.02. The van der Waals surface area contributed by atoms with Crippen molar-refractivity contribution in [3.63, 3.8) is 0 Å². The summed E-state index contributed by atoms with van der Waals surface area (Å²) in [6.07, 6.45) is 4.95. The fourth-order valence-corrected chi connectivity index (χ4v) is 4.44. The third kappa shape index (κ3) is 3.34. The molecule has 1 saturated carbocycles. The van der Waals surface area contributed by atoms with Crippen molar-refractivity contribution in [2.75, 3.05) is 6.54 Å². The molecular formula is C18H26N2O3. The summed E-state index contributed by atoms with van der Waals surface area (Å²) in [6, 6.07) is 4.02. The molecule has 5 nitrogen and oxygen atoms in total. The molecule has 1 N–H and O–H groups in total. The maximum atomic E-state index is 11.6. The minimum atomic E-state index is -0.785. The zero-order valence-electron chi connectivity index (χ0n) is 14.1. The zero-order chi connectivity index (χ0) is 16.6. The minimum Gasteiger partial charge on any atom is -0.465 e. The van der Waals surface area contributed by atoms with Gasteiger partial charge in [-0.25, -0.2) is 4.79 Å². The number of amides is 1. The summed E-state index contributed by atoms with van der Waals surface area (Å²) in [5.41, 5.74) is 1.04. The number of carbonyl (C=O) groups is 1. The van der Waals surface area contributed by atoms with Gasteiger partial charge in [0.15, 0.2) is 0 Å². The number of fused-ring (bicyclic) bond motifs is 1. The molecule has 0 spiro atoms. The Morgan fingerprint density at radius 2 is 2.22 bits per heavy atom. The van der Waals surface area contributed by atoms with Gasteiger partial charge in [0.1, 0.15) is 0 Å². The van der Waals surface area contributed by atoms with Crippen molar-refractivity contribution < 1.29 is 14.6 Å². The standard InChI is InChI=1S/C18H26N2O3/c1-18(2,3)16-15-8-14(7-13(15)10-20(16)17(21)22)23-11-12-5-4-6-19-9-12/h4-6,9,13-16H,7-8,10-11H2,1-3H3,(H,21,22). The van der Waals surface area contributed by atoms with E-state index in [0.29, 0.717) is 25.0 Å². The molecule has 1 aromatic heterocycles. The predicted molar refractivity (Wildman–Crippen MR) is 87.0 cm³/mol. The molecule has 0 bridgehead atoms. The zero-order valence-corrected chi connectivity index (χ0v) is 14.1. The van der Waals surface area contributed by atoms with Gasteiger partial charge in [0.05, 0.1) is 12.7 Å². The maximum absolute atomic E-state index is 11.6. The number of ether oxygens (including phenoxy) is 1. The first-order valence-corrected chi connectivity index (χ1v) is 8.36. The van der Waals surface area contributed by atoms with Crippen LogP contribution in [-0.2, 0) is 11.3 Å². The fraction of sp³-hybridized carbons (Fsp3) is 0.667. The summed E-state index contributed by atoms with van der Waals surface area (Å²) in [6.45, 7) is 7.65. The molecule has 1 amide bonds. The van der Waals surface area contributed by atoms with E-state index in [0.717, 1.165) is 18.4 Å². The first-order valence-electron chi connectivity index (χ1n) is 8.36. The SMILES string of the molecule is CC(C)(C)C1C2CC(OCc3cccnc3)CC2CN1C(=O)O. The molecule has 4 unspecified atom stereocenters. The molecule has 0 radical (unpaired) electrons. The fourth-order valence-electron chi connectivity index (χ4n) is 4.44. The van der Waals surface area contributed by atoms with E-state index in [9.17, 15) is 9.90 Å². The van der Waals surface area contributed by atoms with E-state index in [1.165, 1.54) is 0 Å². The van der Waals surface area contributed by atoms with Crippen molar-refractivity contribution >= 4 is 6.09 Å². The van der Waals surface area contributed by atoms with Crippen molar-refractivity contribution in [1.29, 1.82) is 0 Å². The molecule has 2 fully saturated rings. The van der Waals surface area contributed by atoms with E-state index in [2.05, 4.69) is 25.8 Å². The van der Waals surface area contributed by atoms with E-state index in [4.69, 9.17) is 4.74 Å². The van der Waals surface area contributed by atoms with Gasteiger partial charge in [-0.05, 0) is 41.7 Å². The summed E-state index contributed by atoms with van der Waals surface area (Å²) in [4.78, 5) is 17.3. The van der Waals surface area contributed by atoms with Crippen LogP contribution in [0.1, 0.15) is 39.2 Å². The van der Waals surface area contributed by atoms with Crippen molar-refractivity contribution in [2.24, 2.45) is 17.3 Å². The van der Waals surface area contributed by atoms with E-state index in [-0.39, 0.29) is 17.6 Å². The third-order valence-corrected chi connectivity index (χ3v) is 5.22. The second kappa shape index (κ2) is 6.11. The highest BCUT2D eigenvalue weighted by Gasteiger charge is 2.53. The highest BCUT2D eigenvalue weighted by molar-refractivity contribution is 5.66. The Kier molecular flexibility index (Phi) is 4.32. The lowest BCUT2D eigenvalue weighted by molar-refractivity contribution is 0.0269. The first kappa shape index (κ1) is 16.2. The van der Waals surface area contributed by atoms with Crippen molar-refractivity contribution in [3.05, 3.63) is 30.1 Å². The molecule has 23 heavy (non-hydrogen) atoms. The van der Waals surface area contributed by atoms with Crippen LogP contribution in [0.3, 0.4) is 0 Å². The molecule has 0 aromatic carbocycles. The van der Waals surface area contributed by atoms with Crippen LogP contribution in [0.2, 0.25) is 0 Å². The van der Waals surface area contributed by atoms with Gasteiger partial charge < -0.3 is 14.7 Å². The van der Waals surface area contributed by atoms with Gasteiger partial charge in [0, 0.05) is 25.0 Å². The Balaban J connectivity index is 1.64. The van der Waals surface area contributed by atoms with Crippen LogP contribution in [0.4, 0.5) is 4.79 Å². The molecule has 1 aromatic rings. The molecule has 1 aliphatic heterocycles. The highest BCUT2D eigenvalue weighted by atomic mass is 16.5. The van der Waals surface area contributed by atoms with E-state index < -0.39 is 6.09 Å². The molecule has 126 valence electrons. The summed E-state index contributed by atoms with van der Waals surface area (Å²) < 4.78 is 6.08. The molecule has 2 aliphatic rings. The summed E-state index contributed by atoms with van der Waals surface area (Å²) in [5, 5.41) is 9.51. The molecule has 4 atom stereocenters. The normalized spacial score (nSPS) is 30.5. The lowest BCUT2D eigenvalue weighted by Crippen LogP contribution is -2.45. The summed E-state index contributed by atoms with van der Waals surface area (Å²) in [5.74, 6) is 0.833. The van der Waals surface area contributed by atoms with Crippen LogP contribution >= 0.6 is 0 Å². The molecule has 2 heterocycles. The lowest BCUT2D eigenvalue weighted by Gasteiger charge is -2.37. The van der Waals surface area contributed by atoms with Gasteiger partial charge in [-0.15, -0.1) is 0 Å². The number of rotatable bonds is 3. The highest BCUT2D eigenvalue weighted by Crippen LogP contribution is 2.48. The predicted octanol–water partition coefficient (Wildman–Crippen LogP) is 3.40. The Labute approximate surface area is 137 Å². The van der Waals surface area contributed by atoms with E-state index >= 15 is 0 Å². The number of carboxylic acid groups (broad SMARTS) is 1. The smallest absolute Gasteiger partial charge is 0.407 e. The number of hydrogen-bond donors (Lipinski definition) is 1. The summed E-state index contributed by atoms with van der Waals surface area (Å²) in [7, 11) is 0. The average molecular weight is 318 g/mol. The number of nitrogens with zero attached hydrogens (tertiary/aromatic N) is 2. The Morgan fingerprint density at radius 3 is 2.83 bits per heavy atom. The van der Waals surface area contributed by atoms with Crippen LogP contribution in [0.15, 0.2) is 24.5 Å². The summed E-state index contributed by atoms with van der Waals surface area (Å²) >= 11 is 0. The minimum absolute atomic E-state index is 0.0456. The van der Waals surface area contributed by atoms with Crippen LogP contribution in [-0.4, -0.2) is 39.8 Å². The Bertz CT molecular complexity index is 555. The van der Waals surface area contributed by atoms with Crippen LogP contribution in [0.25, 0.3) is 0 Å². The first-order chi connectivity index (χ1) is 10.9. The topological polar surface area (TPSA) is 62.7 Å². The molecule has 3 rings (SSSR count). The van der Waals surface area contributed by atoms with Crippen molar-refractivity contribution in [3.8, 4) is 0 Å². The Morgan fingerprint density at radius 1 is 1.43 bits per heavy atom. The quantitative estimate of drug-likeness (QED) is 0.928. The molecular weight excluding hydrogens is 292 g/mol. The van der Waals surface area contributed by atoms with Crippen LogP contribution < -0.4 is 0 Å². The molecule has 5 heteroatoms. The molecule has 1 aliphatic carbocycles. The molecule has 1 saturated heterocycles. The lowest BCUT2D eigenvalue weighted by atomic mass is 9.77. The van der Waals surface area contributed by atoms with Crippen LogP contribution in [0.5, 0.6) is 0 Å². The monoisotopic (exact) mass is 318 g/mol. The van der Waals surface area contributed by atoms with E-state index in [1.807, 2.05) is 18.3 Å². The van der Waals surface area contributed by atoms with Crippen molar-refractivity contribution in [1.82, 2.24) is 9.88 Å². The second-order valence-corrected chi connectivity index (χ2v) is 7.94. The van der Waals surface area contributed by atoms with Gasteiger partial charge in [-0.2, -0.15) is 0 Å². The van der Waals surface area contributed by atoms with Gasteiger partial charge in [-0.1, -0.05) is 26.8 Å². The second-order valence-electron chi connectivity index (χ2n) is 7.94. The van der Waals surface area contributed by atoms with Gasteiger partial charge in [0.25, 0.3) is 0 Å². The van der Waals surface area contributed by atoms with Crippen LogP contribution in [0, 0.1) is 17.3 Å². The van der Waals surface area contributed by atoms with Gasteiger partial charge in [-0.3, -0.25) is 4.98 Å². The number of likely N-dealkylation sites (tertiary alicyclic amines) is 1. The van der Waals surface area contributed by atoms with Gasteiger partial charge >= 0.3 is 6.09 Å².